The molecule has 2 aromatic rings. The van der Waals surface area contributed by atoms with Crippen molar-refractivity contribution in [1.82, 2.24) is 15.6 Å². The Balaban J connectivity index is 1.71. The Bertz CT molecular complexity index is 1810. The number of H-pyrrole nitrogens is 1. The summed E-state index contributed by atoms with van der Waals surface area (Å²) in [7, 11) is 0. The van der Waals surface area contributed by atoms with Gasteiger partial charge in [-0.05, 0) is 51.2 Å². The molecule has 0 aliphatic heterocycles. The van der Waals surface area contributed by atoms with Crippen LogP contribution in [-0.2, 0) is 60.7 Å². The number of allylic oxidation sites excluding steroid dienone is 2. The van der Waals surface area contributed by atoms with Gasteiger partial charge in [-0.3, -0.25) is 24.0 Å². The molecular formula is C36H43N5O12. The molecule has 0 fully saturated rings. The van der Waals surface area contributed by atoms with Crippen molar-refractivity contribution in [3.8, 4) is 0 Å². The first kappa shape index (κ1) is 40.1. The first-order chi connectivity index (χ1) is 25.1. The number of aromatic amines is 1. The third-order valence-electron chi connectivity index (χ3n) is 9.30. The maximum atomic E-state index is 14.7. The molecule has 9 N–H and O–H groups in total. The molecule has 0 saturated heterocycles. The molecule has 2 aliphatic rings. The summed E-state index contributed by atoms with van der Waals surface area (Å²) >= 11 is 0. The fraction of sp³-hybridized carbons (Fsp3) is 0.444. The number of carboxylic acids is 2. The lowest BCUT2D eigenvalue weighted by Gasteiger charge is -2.34. The average Bonchev–Trinajstić information content (AvgIpc) is 3.74. The molecule has 1 aromatic carbocycles. The normalized spacial score (nSPS) is 21.1. The minimum absolute atomic E-state index is 0.0312. The third kappa shape index (κ3) is 9.61. The number of nitrogens with one attached hydrogen (secondary N) is 3. The van der Waals surface area contributed by atoms with Gasteiger partial charge in [0.2, 0.25) is 17.9 Å². The molecule has 0 radical (unpaired) electrons. The summed E-state index contributed by atoms with van der Waals surface area (Å²) in [6.45, 7) is 3.09. The lowest BCUT2D eigenvalue weighted by Crippen LogP contribution is -2.57. The third-order valence-corrected chi connectivity index (χ3v) is 9.30. The number of rotatable bonds is 18. The summed E-state index contributed by atoms with van der Waals surface area (Å²) < 4.78 is 9.57. The fourth-order valence-electron chi connectivity index (χ4n) is 6.82. The molecular weight excluding hydrogens is 694 g/mol. The van der Waals surface area contributed by atoms with Crippen molar-refractivity contribution in [1.29, 1.82) is 0 Å². The molecule has 1 aromatic heterocycles. The first-order valence-corrected chi connectivity index (χ1v) is 17.0. The van der Waals surface area contributed by atoms with E-state index in [4.69, 9.17) is 16.2 Å². The summed E-state index contributed by atoms with van der Waals surface area (Å²) in [5.74, 6) is -11.5. The number of carboxylic acid groups (broad SMARTS) is 2. The first-order valence-electron chi connectivity index (χ1n) is 17.0. The number of carbonyl (C=O) groups is 8. The summed E-state index contributed by atoms with van der Waals surface area (Å²) in [6, 6.07) is 3.71. The number of nitrogens with two attached hydrogens (primary N) is 2. The quantitative estimate of drug-likeness (QED) is 0.0350. The van der Waals surface area contributed by atoms with Crippen LogP contribution in [0.3, 0.4) is 0 Å². The highest BCUT2D eigenvalue weighted by Gasteiger charge is 2.45. The van der Waals surface area contributed by atoms with E-state index in [1.54, 1.807) is 38.1 Å². The summed E-state index contributed by atoms with van der Waals surface area (Å²) in [5, 5.41) is 25.0. The smallest absolute Gasteiger partial charge is 0.347 e. The van der Waals surface area contributed by atoms with Crippen molar-refractivity contribution < 1.29 is 58.0 Å². The molecule has 284 valence electrons. The number of ether oxygens (including phenoxy) is 2. The zero-order valence-corrected chi connectivity index (χ0v) is 29.1. The van der Waals surface area contributed by atoms with Gasteiger partial charge in [0.25, 0.3) is 6.47 Å². The highest BCUT2D eigenvalue weighted by molar-refractivity contribution is 5.99. The standard InChI is InChI=1S/C36H43N5O12/c1-17(2)53-27(43)13-6-5-12-25(40-33(46)20-10-7-9-19(20)30(45)32(37)38)29(44)22-14-21-18-8-3-4-11-24(18)39-26(21)15-23(22)34(47)41-28(35(48)49)31(36(50)51)52-16-42/h3-4,6-8,10-11,13,16-17,19-20,22-23,25,28,31-32,39H,5,9,12,14-15,37-38H2,1-2H3,(H,40,46)(H,41,47)(H,48,49)(H,50,51). The van der Waals surface area contributed by atoms with Crippen LogP contribution in [0.5, 0.6) is 0 Å². The van der Waals surface area contributed by atoms with Crippen LogP contribution in [0.2, 0.25) is 0 Å². The summed E-state index contributed by atoms with van der Waals surface area (Å²) in [5.41, 5.74) is 13.2. The van der Waals surface area contributed by atoms with Gasteiger partial charge in [0.15, 0.2) is 17.6 Å². The number of carbonyl (C=O) groups excluding carboxylic acids is 6. The van der Waals surface area contributed by atoms with E-state index < -0.39 is 89.3 Å². The molecule has 1 heterocycles. The SMILES string of the molecule is CC(C)OC(=O)C=CCCC(NC(=O)C1C=CCC1C(=O)C(N)N)C(=O)C1Cc2c([nH]c3ccccc23)CC1C(=O)NC(C(=O)O)C(OC=O)C(=O)O. The van der Waals surface area contributed by atoms with E-state index in [1.807, 2.05) is 6.07 Å². The van der Waals surface area contributed by atoms with Crippen molar-refractivity contribution in [2.45, 2.75) is 76.4 Å². The Morgan fingerprint density at radius 2 is 1.66 bits per heavy atom. The van der Waals surface area contributed by atoms with E-state index >= 15 is 0 Å². The Kier molecular flexibility index (Phi) is 13.4. The number of para-hydroxylation sites is 1. The number of amides is 2. The maximum Gasteiger partial charge on any atom is 0.347 e. The van der Waals surface area contributed by atoms with Crippen molar-refractivity contribution in [3.63, 3.8) is 0 Å². The van der Waals surface area contributed by atoms with E-state index in [0.717, 1.165) is 5.39 Å². The van der Waals surface area contributed by atoms with Crippen LogP contribution in [0.1, 0.15) is 44.4 Å². The van der Waals surface area contributed by atoms with Crippen LogP contribution in [0.4, 0.5) is 0 Å². The average molecular weight is 738 g/mol. The van der Waals surface area contributed by atoms with Gasteiger partial charge in [-0.25, -0.2) is 14.4 Å². The number of aromatic nitrogens is 1. The van der Waals surface area contributed by atoms with E-state index in [1.165, 1.54) is 18.2 Å². The summed E-state index contributed by atoms with van der Waals surface area (Å²) in [4.78, 5) is 105. The highest BCUT2D eigenvalue weighted by Crippen LogP contribution is 2.37. The minimum Gasteiger partial charge on any atom is -0.480 e. The zero-order valence-electron chi connectivity index (χ0n) is 29.1. The molecule has 53 heavy (non-hydrogen) atoms. The number of ketones is 2. The second-order valence-corrected chi connectivity index (χ2v) is 13.2. The predicted octanol–water partition coefficient (Wildman–Crippen LogP) is 0.0413. The van der Waals surface area contributed by atoms with Gasteiger partial charge in [0.1, 0.15) is 6.17 Å². The molecule has 0 bridgehead atoms. The largest absolute Gasteiger partial charge is 0.480 e. The van der Waals surface area contributed by atoms with Gasteiger partial charge in [-0.15, -0.1) is 0 Å². The predicted molar refractivity (Wildman–Crippen MR) is 185 cm³/mol. The minimum atomic E-state index is -2.28. The van der Waals surface area contributed by atoms with Crippen molar-refractivity contribution in [3.05, 3.63) is 59.8 Å². The zero-order chi connectivity index (χ0) is 39.0. The monoisotopic (exact) mass is 737 g/mol. The molecule has 4 rings (SSSR count). The number of Topliss-reactive ketones (excluding diaryl/α,β-unsaturated/α-hetero) is 2. The highest BCUT2D eigenvalue weighted by atomic mass is 16.6. The molecule has 2 aliphatic carbocycles. The molecule has 0 saturated carbocycles. The van der Waals surface area contributed by atoms with Crippen LogP contribution in [0.15, 0.2) is 48.6 Å². The number of fused-ring (bicyclic) bond motifs is 3. The van der Waals surface area contributed by atoms with Crippen LogP contribution in [0, 0.1) is 23.7 Å². The van der Waals surface area contributed by atoms with Crippen LogP contribution >= 0.6 is 0 Å². The summed E-state index contributed by atoms with van der Waals surface area (Å²) in [6.07, 6.45) is 1.90. The molecule has 0 spiro atoms. The molecule has 7 unspecified atom stereocenters. The van der Waals surface area contributed by atoms with Crippen molar-refractivity contribution >= 4 is 58.7 Å². The van der Waals surface area contributed by atoms with Gasteiger partial charge in [0, 0.05) is 40.9 Å². The van der Waals surface area contributed by atoms with Gasteiger partial charge >= 0.3 is 17.9 Å². The van der Waals surface area contributed by atoms with Crippen molar-refractivity contribution in [2.75, 3.05) is 0 Å². The van der Waals surface area contributed by atoms with Crippen LogP contribution in [0.25, 0.3) is 10.9 Å². The fourth-order valence-corrected chi connectivity index (χ4v) is 6.82. The van der Waals surface area contributed by atoms with E-state index in [9.17, 15) is 48.6 Å². The topological polar surface area (TPSA) is 287 Å². The Morgan fingerprint density at radius 3 is 2.30 bits per heavy atom. The maximum absolute atomic E-state index is 14.7. The molecule has 7 atom stereocenters. The van der Waals surface area contributed by atoms with E-state index in [2.05, 4.69) is 20.4 Å². The lowest BCUT2D eigenvalue weighted by molar-refractivity contribution is -0.165. The number of benzene rings is 1. The molecule has 2 amide bonds. The second-order valence-electron chi connectivity index (χ2n) is 13.2. The van der Waals surface area contributed by atoms with Crippen LogP contribution < -0.4 is 22.1 Å². The lowest BCUT2D eigenvalue weighted by atomic mass is 9.73. The molecule has 17 heteroatoms. The Morgan fingerprint density at radius 1 is 0.943 bits per heavy atom. The van der Waals surface area contributed by atoms with Gasteiger partial charge in [0.05, 0.1) is 24.0 Å². The number of aliphatic carboxylic acids is 2. The van der Waals surface area contributed by atoms with Gasteiger partial charge < -0.3 is 46.8 Å². The second kappa shape index (κ2) is 17.7. The van der Waals surface area contributed by atoms with Gasteiger partial charge in [-0.1, -0.05) is 36.4 Å². The van der Waals surface area contributed by atoms with Crippen LogP contribution in [-0.4, -0.2) is 93.4 Å². The number of hydrogen-bond acceptors (Lipinski definition) is 12. The number of esters is 1. The Labute approximate surface area is 303 Å². The number of hydrogen-bond donors (Lipinski definition) is 7. The van der Waals surface area contributed by atoms with Gasteiger partial charge in [-0.2, -0.15) is 0 Å². The van der Waals surface area contributed by atoms with E-state index in [-0.39, 0.29) is 44.7 Å². The van der Waals surface area contributed by atoms with Crippen molar-refractivity contribution in [2.24, 2.45) is 35.1 Å². The van der Waals surface area contributed by atoms with E-state index in [0.29, 0.717) is 16.8 Å². The molecule has 17 nitrogen and oxygen atoms in total. The Hall–Kier alpha value is -5.68.